The number of fused-ring (bicyclic) bond motifs is 1. The minimum atomic E-state index is -0.433. The Morgan fingerprint density at radius 3 is 2.60 bits per heavy atom. The number of aryl methyl sites for hydroxylation is 1. The first kappa shape index (κ1) is 16.8. The molecule has 1 aromatic rings. The van der Waals surface area contributed by atoms with Crippen molar-refractivity contribution in [2.75, 3.05) is 24.5 Å². The van der Waals surface area contributed by atoms with Crippen LogP contribution in [0.3, 0.4) is 0 Å². The molecule has 1 aromatic carbocycles. The van der Waals surface area contributed by atoms with Crippen molar-refractivity contribution in [2.45, 2.75) is 38.5 Å². The fourth-order valence-electron chi connectivity index (χ4n) is 4.06. The molecule has 25 heavy (non-hydrogen) atoms. The summed E-state index contributed by atoms with van der Waals surface area (Å²) < 4.78 is 14.5. The van der Waals surface area contributed by atoms with Gasteiger partial charge >= 0.3 is 0 Å². The maximum Gasteiger partial charge on any atom is 0.231 e. The molecule has 0 spiro atoms. The van der Waals surface area contributed by atoms with Gasteiger partial charge < -0.3 is 9.80 Å². The molecule has 134 valence electrons. The van der Waals surface area contributed by atoms with Crippen LogP contribution in [0.5, 0.6) is 0 Å². The summed E-state index contributed by atoms with van der Waals surface area (Å²) in [7, 11) is 0. The van der Waals surface area contributed by atoms with Gasteiger partial charge in [0, 0.05) is 30.6 Å². The van der Waals surface area contributed by atoms with E-state index in [0.29, 0.717) is 23.8 Å². The molecule has 0 aromatic heterocycles. The van der Waals surface area contributed by atoms with Gasteiger partial charge in [-0.1, -0.05) is 11.6 Å². The lowest BCUT2D eigenvalue weighted by Crippen LogP contribution is -2.48. The molecule has 2 amide bonds. The van der Waals surface area contributed by atoms with E-state index in [2.05, 4.69) is 0 Å². The lowest BCUT2D eigenvalue weighted by atomic mass is 9.93. The first-order valence-corrected chi connectivity index (χ1v) is 9.50. The van der Waals surface area contributed by atoms with E-state index in [1.54, 1.807) is 11.0 Å². The summed E-state index contributed by atoms with van der Waals surface area (Å²) in [6.45, 7) is 1.73. The van der Waals surface area contributed by atoms with Gasteiger partial charge in [0.05, 0.1) is 11.6 Å². The Hall–Kier alpha value is -1.62. The SMILES string of the molecule is O=C(C1CC1)N1CCC[C@@H](C(=O)N2CCCc3cc(Cl)cc(F)c32)C1. The Bertz CT molecular complexity index is 720. The zero-order valence-corrected chi connectivity index (χ0v) is 14.9. The van der Waals surface area contributed by atoms with Crippen molar-refractivity contribution in [2.24, 2.45) is 11.8 Å². The topological polar surface area (TPSA) is 40.6 Å². The second-order valence-corrected chi connectivity index (χ2v) is 7.82. The molecule has 0 N–H and O–H groups in total. The first-order chi connectivity index (χ1) is 12.0. The highest BCUT2D eigenvalue weighted by Crippen LogP contribution is 2.36. The molecule has 1 saturated heterocycles. The maximum absolute atomic E-state index is 14.5. The zero-order valence-electron chi connectivity index (χ0n) is 14.1. The third-order valence-corrected chi connectivity index (χ3v) is 5.70. The van der Waals surface area contributed by atoms with Crippen LogP contribution in [0.4, 0.5) is 10.1 Å². The molecular formula is C19H22ClFN2O2. The molecule has 1 aliphatic carbocycles. The van der Waals surface area contributed by atoms with Crippen LogP contribution in [-0.2, 0) is 16.0 Å². The lowest BCUT2D eigenvalue weighted by Gasteiger charge is -2.37. The summed E-state index contributed by atoms with van der Waals surface area (Å²) in [4.78, 5) is 28.8. The highest BCUT2D eigenvalue weighted by Gasteiger charge is 2.38. The monoisotopic (exact) mass is 364 g/mol. The average Bonchev–Trinajstić information content (AvgIpc) is 3.45. The fourth-order valence-corrected chi connectivity index (χ4v) is 4.29. The number of nitrogens with zero attached hydrogens (tertiary/aromatic N) is 2. The predicted octanol–water partition coefficient (Wildman–Crippen LogP) is 3.41. The summed E-state index contributed by atoms with van der Waals surface area (Å²) in [6.07, 6.45) is 5.06. The smallest absolute Gasteiger partial charge is 0.231 e. The van der Waals surface area contributed by atoms with E-state index >= 15 is 0 Å². The molecule has 6 heteroatoms. The van der Waals surface area contributed by atoms with Crippen molar-refractivity contribution in [3.8, 4) is 0 Å². The highest BCUT2D eigenvalue weighted by molar-refractivity contribution is 6.30. The Kier molecular flexibility index (Phi) is 4.44. The third kappa shape index (κ3) is 3.26. The minimum Gasteiger partial charge on any atom is -0.342 e. The number of carbonyl (C=O) groups is 2. The largest absolute Gasteiger partial charge is 0.342 e. The molecule has 0 radical (unpaired) electrons. The Labute approximate surface area is 151 Å². The number of benzene rings is 1. The van der Waals surface area contributed by atoms with Crippen LogP contribution in [0.1, 0.15) is 37.7 Å². The standard InChI is InChI=1S/C19H22ClFN2O2/c20-15-9-13-3-2-8-23(17(13)16(21)10-15)19(25)14-4-1-7-22(11-14)18(24)12-5-6-12/h9-10,12,14H,1-8,11H2/t14-/m1/s1. The van der Waals surface area contributed by atoms with Gasteiger partial charge in [-0.2, -0.15) is 0 Å². The Morgan fingerprint density at radius 1 is 1.04 bits per heavy atom. The summed E-state index contributed by atoms with van der Waals surface area (Å²) in [5.74, 6) is -0.371. The van der Waals surface area contributed by atoms with Crippen LogP contribution < -0.4 is 4.90 Å². The van der Waals surface area contributed by atoms with Gasteiger partial charge in [0.15, 0.2) is 0 Å². The summed E-state index contributed by atoms with van der Waals surface area (Å²) in [5.41, 5.74) is 1.18. The van der Waals surface area contributed by atoms with Gasteiger partial charge in [-0.25, -0.2) is 4.39 Å². The summed E-state index contributed by atoms with van der Waals surface area (Å²) in [5, 5.41) is 0.365. The second kappa shape index (κ2) is 6.60. The van der Waals surface area contributed by atoms with Crippen molar-refractivity contribution in [1.29, 1.82) is 0 Å². The van der Waals surface area contributed by atoms with E-state index in [9.17, 15) is 14.0 Å². The van der Waals surface area contributed by atoms with Crippen molar-refractivity contribution in [3.63, 3.8) is 0 Å². The van der Waals surface area contributed by atoms with Crippen LogP contribution in [0.25, 0.3) is 0 Å². The minimum absolute atomic E-state index is 0.0598. The molecule has 0 bridgehead atoms. The van der Waals surface area contributed by atoms with Gasteiger partial charge in [0.25, 0.3) is 0 Å². The van der Waals surface area contributed by atoms with Gasteiger partial charge in [-0.05, 0) is 56.2 Å². The lowest BCUT2D eigenvalue weighted by molar-refractivity contribution is -0.136. The highest BCUT2D eigenvalue weighted by atomic mass is 35.5. The van der Waals surface area contributed by atoms with Gasteiger partial charge in [-0.3, -0.25) is 9.59 Å². The molecule has 3 aliphatic rings. The number of anilines is 1. The number of amides is 2. The Balaban J connectivity index is 1.54. The molecule has 2 fully saturated rings. The van der Waals surface area contributed by atoms with Gasteiger partial charge in [-0.15, -0.1) is 0 Å². The molecule has 2 aliphatic heterocycles. The first-order valence-electron chi connectivity index (χ1n) is 9.12. The molecule has 4 rings (SSSR count). The second-order valence-electron chi connectivity index (χ2n) is 7.39. The van der Waals surface area contributed by atoms with E-state index in [1.807, 2.05) is 4.90 Å². The fraction of sp³-hybridized carbons (Fsp3) is 0.579. The van der Waals surface area contributed by atoms with Crippen LogP contribution in [-0.4, -0.2) is 36.3 Å². The van der Waals surface area contributed by atoms with Crippen molar-refractivity contribution in [3.05, 3.63) is 28.5 Å². The molecule has 1 saturated carbocycles. The van der Waals surface area contributed by atoms with E-state index in [0.717, 1.165) is 50.6 Å². The van der Waals surface area contributed by atoms with Crippen LogP contribution >= 0.6 is 11.6 Å². The molecular weight excluding hydrogens is 343 g/mol. The van der Waals surface area contributed by atoms with Crippen LogP contribution in [0.15, 0.2) is 12.1 Å². The third-order valence-electron chi connectivity index (χ3n) is 5.48. The number of likely N-dealkylation sites (tertiary alicyclic amines) is 1. The van der Waals surface area contributed by atoms with Gasteiger partial charge in [0.2, 0.25) is 11.8 Å². The summed E-state index contributed by atoms with van der Waals surface area (Å²) in [6, 6.07) is 3.03. The maximum atomic E-state index is 14.5. The van der Waals surface area contributed by atoms with Crippen molar-refractivity contribution >= 4 is 29.1 Å². The summed E-state index contributed by atoms with van der Waals surface area (Å²) >= 11 is 5.96. The van der Waals surface area contributed by atoms with E-state index in [1.165, 1.54) is 6.07 Å². The van der Waals surface area contributed by atoms with E-state index in [4.69, 9.17) is 11.6 Å². The van der Waals surface area contributed by atoms with E-state index in [-0.39, 0.29) is 23.7 Å². The molecule has 0 unspecified atom stereocenters. The number of carbonyl (C=O) groups excluding carboxylic acids is 2. The number of hydrogen-bond acceptors (Lipinski definition) is 2. The number of halogens is 2. The van der Waals surface area contributed by atoms with Crippen LogP contribution in [0, 0.1) is 17.7 Å². The van der Waals surface area contributed by atoms with Crippen LogP contribution in [0.2, 0.25) is 5.02 Å². The molecule has 1 atom stereocenters. The predicted molar refractivity (Wildman–Crippen MR) is 94.1 cm³/mol. The van der Waals surface area contributed by atoms with Crippen molar-refractivity contribution < 1.29 is 14.0 Å². The molecule has 2 heterocycles. The van der Waals surface area contributed by atoms with Crippen molar-refractivity contribution in [1.82, 2.24) is 4.90 Å². The zero-order chi connectivity index (χ0) is 17.6. The average molecular weight is 365 g/mol. The number of piperidine rings is 1. The Morgan fingerprint density at radius 2 is 1.84 bits per heavy atom. The normalized spacial score (nSPS) is 23.4. The van der Waals surface area contributed by atoms with Gasteiger partial charge in [0.1, 0.15) is 5.82 Å². The number of rotatable bonds is 2. The van der Waals surface area contributed by atoms with E-state index < -0.39 is 5.82 Å². The number of hydrogen-bond donors (Lipinski definition) is 0. The molecule has 4 nitrogen and oxygen atoms in total. The quantitative estimate of drug-likeness (QED) is 0.807.